The number of phenolic OH excluding ortho intramolecular Hbond substituents is 3. The summed E-state index contributed by atoms with van der Waals surface area (Å²) in [5.74, 6) is -2.44. The maximum Gasteiger partial charge on any atom is 0.308 e. The van der Waals surface area contributed by atoms with Gasteiger partial charge in [0.1, 0.15) is 17.2 Å². The van der Waals surface area contributed by atoms with Crippen LogP contribution in [0.3, 0.4) is 0 Å². The highest BCUT2D eigenvalue weighted by molar-refractivity contribution is 7.15. The predicted molar refractivity (Wildman–Crippen MR) is 105 cm³/mol. The topological polar surface area (TPSA) is 127 Å². The number of nitrogens with one attached hydrogen (secondary N) is 1. The van der Waals surface area contributed by atoms with Gasteiger partial charge in [0.05, 0.1) is 12.8 Å². The molecule has 3 rings (SSSR count). The van der Waals surface area contributed by atoms with Gasteiger partial charge in [-0.15, -0.1) is 11.3 Å². The number of para-hydroxylation sites is 1. The Morgan fingerprint density at radius 1 is 0.929 bits per heavy atom. The van der Waals surface area contributed by atoms with Crippen LogP contribution >= 0.6 is 11.3 Å². The molecule has 2 aromatic carbocycles. The summed E-state index contributed by atoms with van der Waals surface area (Å²) in [6, 6.07) is 12.7. The molecule has 0 atom stereocenters. The summed E-state index contributed by atoms with van der Waals surface area (Å²) in [5.41, 5.74) is 1.26. The Bertz CT molecular complexity index is 1020. The third-order valence-electron chi connectivity index (χ3n) is 3.98. The van der Waals surface area contributed by atoms with Crippen LogP contribution in [0.4, 0.5) is 5.69 Å². The summed E-state index contributed by atoms with van der Waals surface area (Å²) < 4.78 is 0. The van der Waals surface area contributed by atoms with E-state index < -0.39 is 11.9 Å². The third kappa shape index (κ3) is 4.41. The van der Waals surface area contributed by atoms with Gasteiger partial charge in [0.2, 0.25) is 5.91 Å². The lowest BCUT2D eigenvalue weighted by atomic mass is 10.1. The zero-order valence-corrected chi connectivity index (χ0v) is 15.4. The molecule has 5 N–H and O–H groups in total. The van der Waals surface area contributed by atoms with Crippen molar-refractivity contribution >= 4 is 28.9 Å². The molecule has 0 bridgehead atoms. The van der Waals surface area contributed by atoms with Crippen molar-refractivity contribution in [2.45, 2.75) is 12.8 Å². The first-order valence-corrected chi connectivity index (χ1v) is 9.08. The monoisotopic (exact) mass is 399 g/mol. The van der Waals surface area contributed by atoms with Crippen molar-refractivity contribution in [3.8, 4) is 27.7 Å². The van der Waals surface area contributed by atoms with Crippen molar-refractivity contribution in [1.82, 2.24) is 0 Å². The maximum absolute atomic E-state index is 12.4. The first kappa shape index (κ1) is 19.2. The summed E-state index contributed by atoms with van der Waals surface area (Å²) in [5, 5.41) is 40.7. The molecule has 3 aromatic rings. The molecule has 0 spiro atoms. The Labute approximate surface area is 164 Å². The van der Waals surface area contributed by atoms with Crippen LogP contribution in [0.1, 0.15) is 10.4 Å². The molecule has 0 aliphatic heterocycles. The zero-order chi connectivity index (χ0) is 20.3. The Balaban J connectivity index is 1.81. The van der Waals surface area contributed by atoms with Gasteiger partial charge in [-0.2, -0.15) is 0 Å². The Morgan fingerprint density at radius 3 is 2.29 bits per heavy atom. The number of rotatable bonds is 6. The van der Waals surface area contributed by atoms with Crippen molar-refractivity contribution in [1.29, 1.82) is 0 Å². The Hall–Kier alpha value is -3.52. The van der Waals surface area contributed by atoms with E-state index in [1.54, 1.807) is 30.3 Å². The van der Waals surface area contributed by atoms with Crippen LogP contribution < -0.4 is 5.32 Å². The lowest BCUT2D eigenvalue weighted by molar-refractivity contribution is -0.136. The minimum Gasteiger partial charge on any atom is -0.508 e. The quantitative estimate of drug-likeness (QED) is 0.433. The van der Waals surface area contributed by atoms with Crippen molar-refractivity contribution in [3.63, 3.8) is 0 Å². The number of benzene rings is 2. The smallest absolute Gasteiger partial charge is 0.308 e. The fraction of sp³-hybridized carbons (Fsp3) is 0.100. The van der Waals surface area contributed by atoms with E-state index in [-0.39, 0.29) is 35.7 Å². The number of carboxylic acids is 1. The van der Waals surface area contributed by atoms with E-state index in [9.17, 15) is 24.9 Å². The van der Waals surface area contributed by atoms with E-state index in [2.05, 4.69) is 5.32 Å². The van der Waals surface area contributed by atoms with Gasteiger partial charge in [0, 0.05) is 38.7 Å². The van der Waals surface area contributed by atoms with Crippen LogP contribution in [0.25, 0.3) is 10.4 Å². The molecule has 0 radical (unpaired) electrons. The maximum atomic E-state index is 12.4. The van der Waals surface area contributed by atoms with Crippen LogP contribution in [0.15, 0.2) is 48.5 Å². The molecule has 0 aliphatic rings. The minimum atomic E-state index is -0.913. The highest BCUT2D eigenvalue weighted by Crippen LogP contribution is 2.35. The minimum absolute atomic E-state index is 0.00708. The molecule has 1 amide bonds. The highest BCUT2D eigenvalue weighted by Gasteiger charge is 2.16. The number of thiophene rings is 1. The molecule has 0 fully saturated rings. The van der Waals surface area contributed by atoms with Crippen molar-refractivity contribution in [2.24, 2.45) is 0 Å². The summed E-state index contributed by atoms with van der Waals surface area (Å²) in [6.07, 6.45) is -0.362. The lowest BCUT2D eigenvalue weighted by Crippen LogP contribution is -2.15. The number of aliphatic carboxylic acids is 1. The number of carbonyl (C=O) groups excluding carboxylic acids is 1. The fourth-order valence-electron chi connectivity index (χ4n) is 2.74. The number of anilines is 1. The number of carboxylic acid groups (broad SMARTS) is 1. The Kier molecular flexibility index (Phi) is 5.51. The van der Waals surface area contributed by atoms with Gasteiger partial charge in [0.15, 0.2) is 0 Å². The fourth-order valence-corrected chi connectivity index (χ4v) is 3.78. The van der Waals surface area contributed by atoms with Gasteiger partial charge >= 0.3 is 5.97 Å². The first-order chi connectivity index (χ1) is 13.3. The number of aromatic hydroxyl groups is 3. The molecule has 8 heteroatoms. The largest absolute Gasteiger partial charge is 0.508 e. The predicted octanol–water partition coefficient (Wildman–Crippen LogP) is 3.34. The second-order valence-corrected chi connectivity index (χ2v) is 7.24. The molecule has 7 nitrogen and oxygen atoms in total. The molecule has 1 aromatic heterocycles. The van der Waals surface area contributed by atoms with Crippen molar-refractivity contribution in [3.05, 3.63) is 59.0 Å². The number of carbonyl (C=O) groups is 2. The Morgan fingerprint density at radius 2 is 1.61 bits per heavy atom. The van der Waals surface area contributed by atoms with E-state index in [1.165, 1.54) is 11.3 Å². The molecule has 28 heavy (non-hydrogen) atoms. The molecule has 1 heterocycles. The van der Waals surface area contributed by atoms with Gasteiger partial charge in [-0.1, -0.05) is 18.2 Å². The van der Waals surface area contributed by atoms with Gasteiger partial charge in [-0.25, -0.2) is 0 Å². The molecule has 144 valence electrons. The van der Waals surface area contributed by atoms with Gasteiger partial charge in [-0.05, 0) is 18.2 Å². The molecular formula is C20H17NO6S. The number of phenols is 3. The van der Waals surface area contributed by atoms with Crippen LogP contribution in [0.5, 0.6) is 17.2 Å². The summed E-state index contributed by atoms with van der Waals surface area (Å²) in [4.78, 5) is 24.8. The van der Waals surface area contributed by atoms with E-state index in [0.717, 1.165) is 22.6 Å². The van der Waals surface area contributed by atoms with Crippen LogP contribution in [-0.4, -0.2) is 32.3 Å². The number of hydrogen-bond donors (Lipinski definition) is 5. The van der Waals surface area contributed by atoms with E-state index in [4.69, 9.17) is 5.11 Å². The zero-order valence-electron chi connectivity index (χ0n) is 14.5. The van der Waals surface area contributed by atoms with Gasteiger partial charge in [-0.3, -0.25) is 9.59 Å². The summed E-state index contributed by atoms with van der Waals surface area (Å²) in [7, 11) is 0. The molecule has 0 saturated carbocycles. The lowest BCUT2D eigenvalue weighted by Gasteiger charge is -2.11. The van der Waals surface area contributed by atoms with Crippen LogP contribution in [0.2, 0.25) is 0 Å². The van der Waals surface area contributed by atoms with Crippen LogP contribution in [-0.2, 0) is 22.4 Å². The number of amides is 1. The second-order valence-electron chi connectivity index (χ2n) is 6.07. The highest BCUT2D eigenvalue weighted by atomic mass is 32.1. The molecule has 0 saturated heterocycles. The summed E-state index contributed by atoms with van der Waals surface area (Å²) >= 11 is 1.33. The molecule has 0 unspecified atom stereocenters. The molecular weight excluding hydrogens is 382 g/mol. The first-order valence-electron chi connectivity index (χ1n) is 8.27. The average molecular weight is 399 g/mol. The number of hydrogen-bond acceptors (Lipinski definition) is 6. The second kappa shape index (κ2) is 8.01. The van der Waals surface area contributed by atoms with Crippen molar-refractivity contribution < 1.29 is 30.0 Å². The summed E-state index contributed by atoms with van der Waals surface area (Å²) in [6.45, 7) is 0. The van der Waals surface area contributed by atoms with E-state index in [0.29, 0.717) is 10.6 Å². The van der Waals surface area contributed by atoms with Crippen LogP contribution in [0, 0.1) is 0 Å². The van der Waals surface area contributed by atoms with Gasteiger partial charge in [0.25, 0.3) is 0 Å². The van der Waals surface area contributed by atoms with E-state index >= 15 is 0 Å². The van der Waals surface area contributed by atoms with E-state index in [1.807, 2.05) is 6.07 Å². The molecule has 0 aliphatic carbocycles. The van der Waals surface area contributed by atoms with Gasteiger partial charge < -0.3 is 25.7 Å². The normalized spacial score (nSPS) is 10.6. The van der Waals surface area contributed by atoms with Crippen molar-refractivity contribution in [2.75, 3.05) is 5.32 Å². The average Bonchev–Trinajstić information content (AvgIpc) is 3.06. The SMILES string of the molecule is O=C(O)Cc1ccc(-c2ccccc2NC(=O)Cc2c(O)cc(O)cc2O)s1. The third-order valence-corrected chi connectivity index (χ3v) is 5.10. The standard InChI is InChI=1S/C20H17NO6S/c22-11-7-16(23)14(17(24)8-11)10-19(25)21-15-4-2-1-3-13(15)18-6-5-12(28-18)9-20(26)27/h1-8,22-24H,9-10H2,(H,21,25)(H,26,27).